The molecular weight excluding hydrogens is 364 g/mol. The van der Waals surface area contributed by atoms with Crippen molar-refractivity contribution < 1.29 is 39.6 Å². The maximum absolute atomic E-state index is 9.25. The first-order valence-electron chi connectivity index (χ1n) is 7.02. The highest BCUT2D eigenvalue weighted by atomic mass is 32.1. The lowest BCUT2D eigenvalue weighted by molar-refractivity contribution is -0.132. The predicted octanol–water partition coefficient (Wildman–Crippen LogP) is 3.13. The molecule has 8 nitrogen and oxygen atoms in total. The van der Waals surface area contributed by atoms with E-state index < -0.39 is 23.9 Å². The minimum atomic E-state index is -0.981. The summed E-state index contributed by atoms with van der Waals surface area (Å²) in [6.07, 6.45) is 7.25. The molecule has 0 radical (unpaired) electrons. The highest BCUT2D eigenvalue weighted by Crippen LogP contribution is 1.93. The summed E-state index contributed by atoms with van der Waals surface area (Å²) in [4.78, 5) is 37.0. The van der Waals surface area contributed by atoms with Crippen LogP contribution in [0.2, 0.25) is 0 Å². The summed E-state index contributed by atoms with van der Waals surface area (Å²) in [5.41, 5.74) is 0. The number of hydrogen-bond acceptors (Lipinski definition) is 5. The number of aliphatic carboxylic acids is 4. The van der Waals surface area contributed by atoms with E-state index in [9.17, 15) is 19.2 Å². The molecule has 0 rings (SSSR count). The van der Waals surface area contributed by atoms with Crippen molar-refractivity contribution in [2.75, 3.05) is 5.75 Å². The minimum Gasteiger partial charge on any atom is -0.478 e. The summed E-state index contributed by atoms with van der Waals surface area (Å²) >= 11 is 4.05. The summed E-state index contributed by atoms with van der Waals surface area (Å²) < 4.78 is 0. The fourth-order valence-corrected chi connectivity index (χ4v) is 0.585. The molecule has 0 atom stereocenters. The molecule has 0 spiro atoms. The van der Waals surface area contributed by atoms with Crippen LogP contribution >= 0.6 is 12.6 Å². The second kappa shape index (κ2) is 33.7. The van der Waals surface area contributed by atoms with Gasteiger partial charge >= 0.3 is 23.9 Å². The van der Waals surface area contributed by atoms with E-state index in [0.29, 0.717) is 0 Å². The van der Waals surface area contributed by atoms with Gasteiger partial charge in [-0.2, -0.15) is 12.6 Å². The number of unbranched alkanes of at least 4 members (excludes halogenated alkanes) is 2. The van der Waals surface area contributed by atoms with Gasteiger partial charge in [-0.15, -0.1) is 0 Å². The molecule has 0 aromatic carbocycles. The first kappa shape index (κ1) is 34.5. The van der Waals surface area contributed by atoms with E-state index >= 15 is 0 Å². The number of carboxylic acids is 4. The Hall–Kier alpha value is -2.81. The van der Waals surface area contributed by atoms with Gasteiger partial charge in [-0.25, -0.2) is 19.2 Å². The van der Waals surface area contributed by atoms with Crippen molar-refractivity contribution in [3.63, 3.8) is 0 Å². The van der Waals surface area contributed by atoms with Crippen LogP contribution in [0.1, 0.15) is 26.2 Å². The van der Waals surface area contributed by atoms with E-state index in [2.05, 4.69) is 45.9 Å². The highest BCUT2D eigenvalue weighted by Gasteiger charge is 1.76. The van der Waals surface area contributed by atoms with Crippen molar-refractivity contribution in [1.82, 2.24) is 0 Å². The zero-order chi connectivity index (χ0) is 22.0. The molecule has 0 bridgehead atoms. The summed E-state index contributed by atoms with van der Waals surface area (Å²) in [6.45, 7) is 14.0. The number of carboxylic acid groups (broad SMARTS) is 4. The van der Waals surface area contributed by atoms with Gasteiger partial charge in [-0.3, -0.25) is 0 Å². The molecule has 0 saturated carbocycles. The zero-order valence-electron chi connectivity index (χ0n) is 14.8. The monoisotopic (exact) mass is 392 g/mol. The third-order valence-electron chi connectivity index (χ3n) is 1.46. The summed E-state index contributed by atoms with van der Waals surface area (Å²) in [5, 5.41) is 30.4. The fourth-order valence-electron chi connectivity index (χ4n) is 0.362. The molecule has 9 heteroatoms. The summed E-state index contributed by atoms with van der Waals surface area (Å²) in [6, 6.07) is 0. The van der Waals surface area contributed by atoms with Gasteiger partial charge in [0.2, 0.25) is 0 Å². The molecule has 0 fully saturated rings. The van der Waals surface area contributed by atoms with Crippen LogP contribution in [0.4, 0.5) is 0 Å². The van der Waals surface area contributed by atoms with Crippen LogP contribution in [0, 0.1) is 0 Å². The Morgan fingerprint density at radius 3 is 0.923 bits per heavy atom. The third-order valence-corrected chi connectivity index (χ3v) is 1.78. The first-order chi connectivity index (χ1) is 12.0. The van der Waals surface area contributed by atoms with Gasteiger partial charge in [-0.1, -0.05) is 46.1 Å². The van der Waals surface area contributed by atoms with Crippen molar-refractivity contribution >= 4 is 36.5 Å². The van der Waals surface area contributed by atoms with E-state index in [-0.39, 0.29) is 0 Å². The van der Waals surface area contributed by atoms with E-state index in [1.807, 2.05) is 0 Å². The van der Waals surface area contributed by atoms with Crippen LogP contribution in [0.3, 0.4) is 0 Å². The topological polar surface area (TPSA) is 149 Å². The van der Waals surface area contributed by atoms with Crippen molar-refractivity contribution in [1.29, 1.82) is 0 Å². The van der Waals surface area contributed by atoms with E-state index in [1.165, 1.54) is 19.3 Å². The SMILES string of the molecule is C=CC(=O)O.C=CC(=O)O.C=CC(=O)O.C=CC(=O)O.CCCCCS. The second-order valence-electron chi connectivity index (χ2n) is 3.60. The Kier molecular flexibility index (Phi) is 44.8. The summed E-state index contributed by atoms with van der Waals surface area (Å²) in [5.74, 6) is -2.88. The van der Waals surface area contributed by atoms with Crippen LogP contribution in [-0.4, -0.2) is 50.1 Å². The van der Waals surface area contributed by atoms with Gasteiger partial charge in [0, 0.05) is 24.3 Å². The summed E-state index contributed by atoms with van der Waals surface area (Å²) in [7, 11) is 0. The van der Waals surface area contributed by atoms with Crippen molar-refractivity contribution in [3.8, 4) is 0 Å². The molecule has 0 unspecified atom stereocenters. The van der Waals surface area contributed by atoms with Gasteiger partial charge in [0.05, 0.1) is 0 Å². The van der Waals surface area contributed by atoms with Gasteiger partial charge in [0.1, 0.15) is 0 Å². The van der Waals surface area contributed by atoms with Crippen LogP contribution in [0.15, 0.2) is 50.6 Å². The largest absolute Gasteiger partial charge is 0.478 e. The third kappa shape index (κ3) is 129. The average molecular weight is 392 g/mol. The highest BCUT2D eigenvalue weighted by molar-refractivity contribution is 7.80. The number of carbonyl (C=O) groups is 4. The molecule has 0 heterocycles. The van der Waals surface area contributed by atoms with E-state index in [1.54, 1.807) is 0 Å². The Balaban J connectivity index is -0.0000000708. The molecule has 26 heavy (non-hydrogen) atoms. The smallest absolute Gasteiger partial charge is 0.327 e. The molecule has 150 valence electrons. The van der Waals surface area contributed by atoms with Gasteiger partial charge in [0.15, 0.2) is 0 Å². The molecule has 0 saturated heterocycles. The Labute approximate surface area is 159 Å². The number of hydrogen-bond donors (Lipinski definition) is 5. The minimum absolute atomic E-state index is 0.833. The van der Waals surface area contributed by atoms with Gasteiger partial charge in [-0.05, 0) is 12.2 Å². The standard InChI is InChI=1S/C5H12S.4C3H4O2/c1-2-3-4-5-6;4*1-2-3(4)5/h6H,2-5H2,1H3;4*2H,1H2,(H,4,5). The van der Waals surface area contributed by atoms with Crippen LogP contribution in [0.25, 0.3) is 0 Å². The normalized spacial score (nSPS) is 7.00. The fraction of sp³-hybridized carbons (Fsp3) is 0.294. The number of rotatable bonds is 7. The Morgan fingerprint density at radius 2 is 0.885 bits per heavy atom. The van der Waals surface area contributed by atoms with Crippen LogP contribution < -0.4 is 0 Å². The molecule has 0 amide bonds. The zero-order valence-corrected chi connectivity index (χ0v) is 15.7. The quantitative estimate of drug-likeness (QED) is 0.252. The van der Waals surface area contributed by atoms with Crippen LogP contribution in [-0.2, 0) is 19.2 Å². The Bertz CT molecular complexity index is 354. The molecule has 0 aliphatic rings. The van der Waals surface area contributed by atoms with Crippen molar-refractivity contribution in [2.45, 2.75) is 26.2 Å². The lowest BCUT2D eigenvalue weighted by atomic mass is 10.3. The molecule has 0 aromatic heterocycles. The molecule has 0 aliphatic heterocycles. The average Bonchev–Trinajstić information content (AvgIpc) is 2.61. The molecule has 4 N–H and O–H groups in total. The second-order valence-corrected chi connectivity index (χ2v) is 4.05. The molecule has 0 aliphatic carbocycles. The first-order valence-corrected chi connectivity index (χ1v) is 7.65. The Morgan fingerprint density at radius 1 is 0.692 bits per heavy atom. The van der Waals surface area contributed by atoms with Crippen molar-refractivity contribution in [2.24, 2.45) is 0 Å². The lowest BCUT2D eigenvalue weighted by Gasteiger charge is -1.85. The van der Waals surface area contributed by atoms with E-state index in [4.69, 9.17) is 20.4 Å². The lowest BCUT2D eigenvalue weighted by Crippen LogP contribution is -1.82. The number of thiol groups is 1. The maximum atomic E-state index is 9.25. The van der Waals surface area contributed by atoms with Crippen LogP contribution in [0.5, 0.6) is 0 Å². The molecular formula is C17H28O8S. The predicted molar refractivity (Wildman–Crippen MR) is 105 cm³/mol. The van der Waals surface area contributed by atoms with E-state index in [0.717, 1.165) is 30.1 Å². The van der Waals surface area contributed by atoms with Gasteiger partial charge in [0.25, 0.3) is 0 Å². The van der Waals surface area contributed by atoms with Crippen molar-refractivity contribution in [3.05, 3.63) is 50.6 Å². The maximum Gasteiger partial charge on any atom is 0.327 e. The van der Waals surface area contributed by atoms with Gasteiger partial charge < -0.3 is 20.4 Å². The molecule has 0 aromatic rings.